The van der Waals surface area contributed by atoms with Gasteiger partial charge in [0.15, 0.2) is 0 Å². The van der Waals surface area contributed by atoms with Crippen molar-refractivity contribution in [3.05, 3.63) is 0 Å². The Bertz CT molecular complexity index is 347. The molecule has 2 aliphatic carbocycles. The third-order valence-electron chi connectivity index (χ3n) is 5.39. The summed E-state index contributed by atoms with van der Waals surface area (Å²) in [6, 6.07) is 0. The van der Waals surface area contributed by atoms with Crippen molar-refractivity contribution in [3.63, 3.8) is 0 Å². The maximum atomic E-state index is 11.8. The highest BCUT2D eigenvalue weighted by Crippen LogP contribution is 2.36. The average molecular weight is 282 g/mol. The molecule has 0 aromatic rings. The highest BCUT2D eigenvalue weighted by molar-refractivity contribution is 5.85. The van der Waals surface area contributed by atoms with E-state index in [1.807, 2.05) is 6.92 Å². The third kappa shape index (κ3) is 3.34. The summed E-state index contributed by atoms with van der Waals surface area (Å²) in [5.41, 5.74) is 5.06. The number of nitrogens with one attached hydrogen (secondary N) is 1. The second-order valence-electron chi connectivity index (χ2n) is 6.87. The first kappa shape index (κ1) is 15.8. The number of ether oxygens (including phenoxy) is 1. The summed E-state index contributed by atoms with van der Waals surface area (Å²) in [4.78, 5) is 11.8. The van der Waals surface area contributed by atoms with Gasteiger partial charge in [-0.3, -0.25) is 4.79 Å². The van der Waals surface area contributed by atoms with Crippen molar-refractivity contribution in [2.45, 2.75) is 77.0 Å². The van der Waals surface area contributed by atoms with Crippen LogP contribution < -0.4 is 11.1 Å². The van der Waals surface area contributed by atoms with Crippen molar-refractivity contribution in [2.24, 2.45) is 17.6 Å². The fraction of sp³-hybridized carbons (Fsp3) is 0.938. The molecule has 0 saturated heterocycles. The fourth-order valence-corrected chi connectivity index (χ4v) is 3.82. The Morgan fingerprint density at radius 3 is 2.60 bits per heavy atom. The van der Waals surface area contributed by atoms with Crippen LogP contribution in [0.5, 0.6) is 0 Å². The van der Waals surface area contributed by atoms with Crippen molar-refractivity contribution >= 4 is 5.91 Å². The zero-order valence-corrected chi connectivity index (χ0v) is 13.2. The van der Waals surface area contributed by atoms with E-state index in [0.717, 1.165) is 50.5 Å². The molecule has 0 heterocycles. The molecule has 5 atom stereocenters. The van der Waals surface area contributed by atoms with E-state index in [0.29, 0.717) is 6.10 Å². The van der Waals surface area contributed by atoms with Gasteiger partial charge in [-0.2, -0.15) is 0 Å². The molecule has 0 aromatic carbocycles. The minimum atomic E-state index is -0.535. The smallest absolute Gasteiger partial charge is 0.237 e. The Hall–Kier alpha value is -0.610. The molecule has 5 unspecified atom stereocenters. The minimum absolute atomic E-state index is 0.187. The van der Waals surface area contributed by atoms with E-state index in [1.165, 1.54) is 6.42 Å². The average Bonchev–Trinajstić information content (AvgIpc) is 2.79. The molecule has 116 valence electrons. The lowest BCUT2D eigenvalue weighted by molar-refractivity contribution is -0.125. The summed E-state index contributed by atoms with van der Waals surface area (Å²) in [5.74, 6) is 1.32. The highest BCUT2D eigenvalue weighted by Gasteiger charge is 2.44. The molecule has 20 heavy (non-hydrogen) atoms. The van der Waals surface area contributed by atoms with Crippen molar-refractivity contribution in [3.8, 4) is 0 Å². The van der Waals surface area contributed by atoms with Gasteiger partial charge in [0, 0.05) is 6.42 Å². The number of rotatable bonds is 5. The summed E-state index contributed by atoms with van der Waals surface area (Å²) in [5, 5.41) is 3.29. The zero-order valence-electron chi connectivity index (χ0n) is 13.2. The molecular formula is C16H30N2O2. The van der Waals surface area contributed by atoms with Crippen LogP contribution in [0.3, 0.4) is 0 Å². The predicted molar refractivity (Wildman–Crippen MR) is 80.3 cm³/mol. The van der Waals surface area contributed by atoms with Crippen LogP contribution in [0.15, 0.2) is 0 Å². The molecule has 4 heteroatoms. The maximum Gasteiger partial charge on any atom is 0.237 e. The lowest BCUT2D eigenvalue weighted by Crippen LogP contribution is -2.54. The molecule has 2 fully saturated rings. The van der Waals surface area contributed by atoms with Crippen LogP contribution in [0, 0.1) is 11.8 Å². The van der Waals surface area contributed by atoms with Crippen molar-refractivity contribution in [2.75, 3.05) is 6.54 Å². The topological polar surface area (TPSA) is 64.3 Å². The monoisotopic (exact) mass is 282 g/mol. The van der Waals surface area contributed by atoms with Crippen LogP contribution in [-0.2, 0) is 9.53 Å². The third-order valence-corrected chi connectivity index (χ3v) is 5.39. The van der Waals surface area contributed by atoms with Crippen molar-refractivity contribution in [1.82, 2.24) is 5.32 Å². The molecule has 0 bridgehead atoms. The van der Waals surface area contributed by atoms with Gasteiger partial charge >= 0.3 is 0 Å². The van der Waals surface area contributed by atoms with E-state index in [-0.39, 0.29) is 12.0 Å². The van der Waals surface area contributed by atoms with Crippen LogP contribution in [0.1, 0.15) is 59.3 Å². The molecule has 0 aromatic heterocycles. The van der Waals surface area contributed by atoms with Gasteiger partial charge in [0.1, 0.15) is 5.54 Å². The molecule has 0 aliphatic heterocycles. The summed E-state index contributed by atoms with van der Waals surface area (Å²) >= 11 is 0. The van der Waals surface area contributed by atoms with Gasteiger partial charge in [-0.25, -0.2) is 0 Å². The van der Waals surface area contributed by atoms with Crippen LogP contribution in [0.4, 0.5) is 0 Å². The standard InChI is InChI=1S/C16H30N2O2/c1-4-18-16(15(17)19)8-7-14(10-16)20-13-6-5-11(2)12(3)9-13/h11-14,18H,4-10H2,1-3H3,(H2,17,19). The lowest BCUT2D eigenvalue weighted by atomic mass is 9.80. The SMILES string of the molecule is CCNC1(C(N)=O)CCC(OC2CCC(C)C(C)C2)C1. The number of hydrogen-bond donors (Lipinski definition) is 2. The van der Waals surface area contributed by atoms with Gasteiger partial charge in [0.25, 0.3) is 0 Å². The van der Waals surface area contributed by atoms with Gasteiger partial charge in [0.05, 0.1) is 12.2 Å². The first-order valence-electron chi connectivity index (χ1n) is 8.17. The second kappa shape index (κ2) is 6.44. The Morgan fingerprint density at radius 1 is 1.25 bits per heavy atom. The number of hydrogen-bond acceptors (Lipinski definition) is 3. The summed E-state index contributed by atoms with van der Waals surface area (Å²) in [6.45, 7) is 7.44. The molecular weight excluding hydrogens is 252 g/mol. The van der Waals surface area contributed by atoms with Crippen LogP contribution >= 0.6 is 0 Å². The summed E-state index contributed by atoms with van der Waals surface area (Å²) in [7, 11) is 0. The van der Waals surface area contributed by atoms with E-state index < -0.39 is 5.54 Å². The molecule has 3 N–H and O–H groups in total. The quantitative estimate of drug-likeness (QED) is 0.812. The number of likely N-dealkylation sites (N-methyl/N-ethyl adjacent to an activating group) is 1. The lowest BCUT2D eigenvalue weighted by Gasteiger charge is -2.34. The number of carbonyl (C=O) groups is 1. The first-order valence-corrected chi connectivity index (χ1v) is 8.17. The first-order chi connectivity index (χ1) is 9.47. The van der Waals surface area contributed by atoms with E-state index in [2.05, 4.69) is 19.2 Å². The van der Waals surface area contributed by atoms with Crippen LogP contribution in [0.2, 0.25) is 0 Å². The fourth-order valence-electron chi connectivity index (χ4n) is 3.82. The van der Waals surface area contributed by atoms with Gasteiger partial charge in [0.2, 0.25) is 5.91 Å². The Labute approximate surface area is 122 Å². The molecule has 0 radical (unpaired) electrons. The molecule has 1 amide bonds. The van der Waals surface area contributed by atoms with E-state index in [9.17, 15) is 4.79 Å². The number of primary amides is 1. The second-order valence-corrected chi connectivity index (χ2v) is 6.87. The van der Waals surface area contributed by atoms with Gasteiger partial charge in [-0.05, 0) is 50.5 Å². The van der Waals surface area contributed by atoms with Gasteiger partial charge in [-0.15, -0.1) is 0 Å². The zero-order chi connectivity index (χ0) is 14.8. The highest BCUT2D eigenvalue weighted by atomic mass is 16.5. The molecule has 2 saturated carbocycles. The minimum Gasteiger partial charge on any atom is -0.375 e. The summed E-state index contributed by atoms with van der Waals surface area (Å²) in [6.07, 6.45) is 6.61. The van der Waals surface area contributed by atoms with Crippen molar-refractivity contribution < 1.29 is 9.53 Å². The number of nitrogens with two attached hydrogens (primary N) is 1. The summed E-state index contributed by atoms with van der Waals surface area (Å²) < 4.78 is 6.27. The van der Waals surface area contributed by atoms with Gasteiger partial charge in [-0.1, -0.05) is 20.8 Å². The molecule has 4 nitrogen and oxygen atoms in total. The number of amides is 1. The Balaban J connectivity index is 1.88. The van der Waals surface area contributed by atoms with Gasteiger partial charge < -0.3 is 15.8 Å². The normalized spacial score (nSPS) is 41.8. The van der Waals surface area contributed by atoms with E-state index in [1.54, 1.807) is 0 Å². The number of carbonyl (C=O) groups excluding carboxylic acids is 1. The molecule has 0 spiro atoms. The molecule has 2 rings (SSSR count). The Morgan fingerprint density at radius 2 is 2.00 bits per heavy atom. The Kier molecular flexibility index (Phi) is 5.08. The maximum absolute atomic E-state index is 11.8. The predicted octanol–water partition coefficient (Wildman–Crippen LogP) is 2.21. The van der Waals surface area contributed by atoms with Crippen LogP contribution in [-0.4, -0.2) is 30.2 Å². The van der Waals surface area contributed by atoms with E-state index >= 15 is 0 Å². The largest absolute Gasteiger partial charge is 0.375 e. The molecule has 2 aliphatic rings. The van der Waals surface area contributed by atoms with Crippen LogP contribution in [0.25, 0.3) is 0 Å². The van der Waals surface area contributed by atoms with Crippen molar-refractivity contribution in [1.29, 1.82) is 0 Å². The van der Waals surface area contributed by atoms with E-state index in [4.69, 9.17) is 10.5 Å².